The number of benzene rings is 3. The van der Waals surface area contributed by atoms with Crippen LogP contribution in [0.25, 0.3) is 10.8 Å². The van der Waals surface area contributed by atoms with Crippen LogP contribution in [-0.4, -0.2) is 37.9 Å². The molecule has 40 heavy (non-hydrogen) atoms. The van der Waals surface area contributed by atoms with Crippen LogP contribution in [0.2, 0.25) is 0 Å². The van der Waals surface area contributed by atoms with Gasteiger partial charge in [-0.3, -0.25) is 0 Å². The molecule has 3 atom stereocenters. The molecular formula is C34H40O6. The first-order chi connectivity index (χ1) is 19.2. The normalized spacial score (nSPS) is 22.0. The van der Waals surface area contributed by atoms with E-state index in [0.717, 1.165) is 49.0 Å². The summed E-state index contributed by atoms with van der Waals surface area (Å²) >= 11 is 0. The van der Waals surface area contributed by atoms with E-state index in [-0.39, 0.29) is 17.5 Å². The van der Waals surface area contributed by atoms with Gasteiger partial charge >= 0.3 is 11.9 Å². The Morgan fingerprint density at radius 3 is 2.10 bits per heavy atom. The third-order valence-corrected chi connectivity index (χ3v) is 8.68. The van der Waals surface area contributed by atoms with E-state index in [2.05, 4.69) is 27.7 Å². The molecule has 212 valence electrons. The maximum absolute atomic E-state index is 13.0. The summed E-state index contributed by atoms with van der Waals surface area (Å²) in [5.74, 6) is 1.90. The van der Waals surface area contributed by atoms with Gasteiger partial charge in [0.2, 0.25) is 0 Å². The molecule has 0 amide bonds. The van der Waals surface area contributed by atoms with Gasteiger partial charge in [0, 0.05) is 0 Å². The van der Waals surface area contributed by atoms with Gasteiger partial charge < -0.3 is 18.9 Å². The highest BCUT2D eigenvalue weighted by Crippen LogP contribution is 2.36. The third kappa shape index (κ3) is 6.33. The quantitative estimate of drug-likeness (QED) is 0.205. The van der Waals surface area contributed by atoms with Crippen LogP contribution in [0.4, 0.5) is 0 Å². The lowest BCUT2D eigenvalue weighted by Crippen LogP contribution is -2.46. The molecule has 1 heterocycles. The molecular weight excluding hydrogens is 504 g/mol. The summed E-state index contributed by atoms with van der Waals surface area (Å²) in [6.45, 7) is 10.9. The topological polar surface area (TPSA) is 71.1 Å². The maximum atomic E-state index is 13.0. The zero-order valence-corrected chi connectivity index (χ0v) is 24.0. The Labute approximate surface area is 237 Å². The molecule has 1 aliphatic carbocycles. The first-order valence-electron chi connectivity index (χ1n) is 14.5. The predicted molar refractivity (Wildman–Crippen MR) is 155 cm³/mol. The van der Waals surface area contributed by atoms with Gasteiger partial charge in [-0.05, 0) is 96.3 Å². The summed E-state index contributed by atoms with van der Waals surface area (Å²) in [6, 6.07) is 17.9. The summed E-state index contributed by atoms with van der Waals surface area (Å²) < 4.78 is 22.9. The Hall–Kier alpha value is -3.38. The minimum absolute atomic E-state index is 0.0463. The van der Waals surface area contributed by atoms with E-state index in [1.807, 2.05) is 30.3 Å². The second-order valence-electron chi connectivity index (χ2n) is 12.0. The van der Waals surface area contributed by atoms with Gasteiger partial charge in [-0.2, -0.15) is 0 Å². The van der Waals surface area contributed by atoms with Crippen LogP contribution in [-0.2, 0) is 9.47 Å². The lowest BCUT2D eigenvalue weighted by molar-refractivity contribution is -0.133. The Morgan fingerprint density at radius 2 is 1.52 bits per heavy atom. The number of esters is 2. The minimum Gasteiger partial charge on any atom is -0.493 e. The highest BCUT2D eigenvalue weighted by atomic mass is 16.5. The van der Waals surface area contributed by atoms with Crippen LogP contribution >= 0.6 is 0 Å². The van der Waals surface area contributed by atoms with E-state index in [1.54, 1.807) is 30.3 Å². The molecule has 0 spiro atoms. The first kappa shape index (κ1) is 28.2. The van der Waals surface area contributed by atoms with Crippen molar-refractivity contribution in [1.29, 1.82) is 0 Å². The van der Waals surface area contributed by atoms with Crippen LogP contribution in [0.1, 0.15) is 74.1 Å². The largest absolute Gasteiger partial charge is 0.493 e. The molecule has 2 aliphatic rings. The maximum Gasteiger partial charge on any atom is 0.343 e. The smallest absolute Gasteiger partial charge is 0.343 e. The first-order valence-corrected chi connectivity index (χ1v) is 14.5. The molecule has 6 nitrogen and oxygen atoms in total. The zero-order chi connectivity index (χ0) is 28.3. The molecule has 0 N–H and O–H groups in total. The Balaban J connectivity index is 1.20. The van der Waals surface area contributed by atoms with E-state index < -0.39 is 5.97 Å². The zero-order valence-electron chi connectivity index (χ0n) is 24.0. The van der Waals surface area contributed by atoms with Gasteiger partial charge in [0.25, 0.3) is 0 Å². The highest BCUT2D eigenvalue weighted by Gasteiger charge is 2.37. The average molecular weight is 545 g/mol. The van der Waals surface area contributed by atoms with Crippen molar-refractivity contribution in [2.45, 2.75) is 59.5 Å². The van der Waals surface area contributed by atoms with Crippen molar-refractivity contribution in [1.82, 2.24) is 0 Å². The predicted octanol–water partition coefficient (Wildman–Crippen LogP) is 7.48. The molecule has 1 aliphatic heterocycles. The molecule has 3 unspecified atom stereocenters. The van der Waals surface area contributed by atoms with E-state index in [0.29, 0.717) is 41.2 Å². The number of fused-ring (bicyclic) bond motifs is 1. The fourth-order valence-corrected chi connectivity index (χ4v) is 5.74. The van der Waals surface area contributed by atoms with Crippen molar-refractivity contribution >= 4 is 22.7 Å². The van der Waals surface area contributed by atoms with Gasteiger partial charge in [0.15, 0.2) is 0 Å². The van der Waals surface area contributed by atoms with E-state index >= 15 is 0 Å². The highest BCUT2D eigenvalue weighted by molar-refractivity contribution is 5.99. The van der Waals surface area contributed by atoms with Crippen molar-refractivity contribution in [3.63, 3.8) is 0 Å². The summed E-state index contributed by atoms with van der Waals surface area (Å²) in [4.78, 5) is 25.9. The molecule has 0 radical (unpaired) electrons. The second-order valence-corrected chi connectivity index (χ2v) is 12.0. The summed E-state index contributed by atoms with van der Waals surface area (Å²) in [5, 5.41) is 1.72. The fraction of sp³-hybridized carbons (Fsp3) is 0.471. The summed E-state index contributed by atoms with van der Waals surface area (Å²) in [5.41, 5.74) is 1.07. The Morgan fingerprint density at radius 1 is 0.900 bits per heavy atom. The van der Waals surface area contributed by atoms with Crippen LogP contribution in [0, 0.1) is 23.2 Å². The molecule has 3 aromatic rings. The van der Waals surface area contributed by atoms with Crippen molar-refractivity contribution < 1.29 is 28.5 Å². The van der Waals surface area contributed by atoms with Gasteiger partial charge in [0.1, 0.15) is 17.6 Å². The average Bonchev–Trinajstić information content (AvgIpc) is 2.92. The molecule has 2 fully saturated rings. The van der Waals surface area contributed by atoms with Crippen molar-refractivity contribution in [3.8, 4) is 11.5 Å². The van der Waals surface area contributed by atoms with Crippen LogP contribution < -0.4 is 9.47 Å². The van der Waals surface area contributed by atoms with Crippen molar-refractivity contribution in [2.24, 2.45) is 23.2 Å². The van der Waals surface area contributed by atoms with Gasteiger partial charge in [0.05, 0.1) is 36.4 Å². The standard InChI is InChI=1S/C34H40O6/c1-5-34(19-37-20-34)21-38-28-11-13-29(14-12-28)39-32(35)26-9-7-25-18-27(10-8-24(25)17-26)33(36)40-31-16-23(4)6-15-30(31)22(2)3/h7-14,17-18,22-23,30-31H,5-6,15-16,19-21H2,1-4H3. The molecule has 0 aromatic heterocycles. The lowest BCUT2D eigenvalue weighted by Gasteiger charge is -2.40. The molecule has 6 heteroatoms. The molecule has 1 saturated heterocycles. The molecule has 0 bridgehead atoms. The SMILES string of the molecule is CCC1(COc2ccc(OC(=O)c3ccc4cc(C(=O)OC5CC(C)CCC5C(C)C)ccc4c3)cc2)COC1. The van der Waals surface area contributed by atoms with Crippen molar-refractivity contribution in [3.05, 3.63) is 71.8 Å². The molecule has 1 saturated carbocycles. The number of carbonyl (C=O) groups is 2. The lowest BCUT2D eigenvalue weighted by atomic mass is 9.75. The van der Waals surface area contributed by atoms with Crippen LogP contribution in [0.15, 0.2) is 60.7 Å². The third-order valence-electron chi connectivity index (χ3n) is 8.68. The monoisotopic (exact) mass is 544 g/mol. The Kier molecular flexibility index (Phi) is 8.46. The summed E-state index contributed by atoms with van der Waals surface area (Å²) in [7, 11) is 0. The van der Waals surface area contributed by atoms with E-state index in [9.17, 15) is 9.59 Å². The van der Waals surface area contributed by atoms with Gasteiger partial charge in [-0.15, -0.1) is 0 Å². The number of hydrogen-bond acceptors (Lipinski definition) is 6. The van der Waals surface area contributed by atoms with Crippen LogP contribution in [0.5, 0.6) is 11.5 Å². The molecule has 3 aromatic carbocycles. The van der Waals surface area contributed by atoms with Gasteiger partial charge in [-0.1, -0.05) is 46.2 Å². The fourth-order valence-electron chi connectivity index (χ4n) is 5.74. The minimum atomic E-state index is -0.443. The van der Waals surface area contributed by atoms with Crippen LogP contribution in [0.3, 0.4) is 0 Å². The van der Waals surface area contributed by atoms with E-state index in [1.165, 1.54) is 6.42 Å². The molecule has 5 rings (SSSR count). The van der Waals surface area contributed by atoms with Crippen molar-refractivity contribution in [2.75, 3.05) is 19.8 Å². The number of carbonyl (C=O) groups excluding carboxylic acids is 2. The number of ether oxygens (including phenoxy) is 4. The number of hydrogen-bond donors (Lipinski definition) is 0. The Bertz CT molecular complexity index is 1330. The van der Waals surface area contributed by atoms with Gasteiger partial charge in [-0.25, -0.2) is 9.59 Å². The number of rotatable bonds is 9. The summed E-state index contributed by atoms with van der Waals surface area (Å²) in [6.07, 6.45) is 4.17. The van der Waals surface area contributed by atoms with E-state index in [4.69, 9.17) is 18.9 Å². The second kappa shape index (κ2) is 12.0.